The summed E-state index contributed by atoms with van der Waals surface area (Å²) in [4.78, 5) is 12.4. The molecule has 1 aromatic heterocycles. The number of carbonyl (C=O) groups excluding carboxylic acids is 1. The highest BCUT2D eigenvalue weighted by molar-refractivity contribution is 5.86. The third-order valence-corrected chi connectivity index (χ3v) is 4.25. The standard InChI is InChI=1S/C18H25N3O2.ClH/c1-4-13(5-2)16-11-15(23-21-16)12-20-17(22)18(3,19)14-9-7-6-8-10-14;/h6-11,13H,4-5,12,19H2,1-3H3,(H,20,22);1H. The molecule has 2 aromatic rings. The SMILES string of the molecule is CCC(CC)c1cc(CNC(=O)C(C)(N)c2ccccc2)on1.Cl. The van der Waals surface area contributed by atoms with E-state index in [1.165, 1.54) is 0 Å². The van der Waals surface area contributed by atoms with Crippen LogP contribution < -0.4 is 11.1 Å². The lowest BCUT2D eigenvalue weighted by Gasteiger charge is -2.23. The average Bonchev–Trinajstić information content (AvgIpc) is 3.03. The van der Waals surface area contributed by atoms with E-state index in [0.29, 0.717) is 11.7 Å². The maximum absolute atomic E-state index is 12.4. The monoisotopic (exact) mass is 351 g/mol. The smallest absolute Gasteiger partial charge is 0.244 e. The summed E-state index contributed by atoms with van der Waals surface area (Å²) in [5.41, 5.74) is 6.81. The van der Waals surface area contributed by atoms with Crippen LogP contribution in [0.3, 0.4) is 0 Å². The summed E-state index contributed by atoms with van der Waals surface area (Å²) in [5.74, 6) is 0.792. The van der Waals surface area contributed by atoms with Gasteiger partial charge >= 0.3 is 0 Å². The first-order valence-corrected chi connectivity index (χ1v) is 8.07. The molecule has 2 rings (SSSR count). The van der Waals surface area contributed by atoms with Crippen molar-refractivity contribution < 1.29 is 9.32 Å². The van der Waals surface area contributed by atoms with Crippen molar-refractivity contribution in [3.63, 3.8) is 0 Å². The van der Waals surface area contributed by atoms with E-state index in [-0.39, 0.29) is 24.9 Å². The van der Waals surface area contributed by atoms with Crippen LogP contribution in [0.2, 0.25) is 0 Å². The second-order valence-corrected chi connectivity index (χ2v) is 5.98. The molecule has 0 aliphatic rings. The molecule has 1 aromatic carbocycles. The summed E-state index contributed by atoms with van der Waals surface area (Å²) in [5, 5.41) is 6.93. The Morgan fingerprint density at radius 1 is 1.29 bits per heavy atom. The minimum Gasteiger partial charge on any atom is -0.359 e. The highest BCUT2D eigenvalue weighted by atomic mass is 35.5. The summed E-state index contributed by atoms with van der Waals surface area (Å²) in [6, 6.07) is 11.2. The number of benzene rings is 1. The first kappa shape index (κ1) is 20.2. The molecule has 0 fully saturated rings. The minimum atomic E-state index is -1.08. The molecule has 0 spiro atoms. The third-order valence-electron chi connectivity index (χ3n) is 4.25. The number of nitrogens with one attached hydrogen (secondary N) is 1. The fourth-order valence-corrected chi connectivity index (χ4v) is 2.58. The van der Waals surface area contributed by atoms with E-state index in [9.17, 15) is 4.79 Å². The van der Waals surface area contributed by atoms with Crippen LogP contribution >= 0.6 is 12.4 Å². The highest BCUT2D eigenvalue weighted by Gasteiger charge is 2.30. The van der Waals surface area contributed by atoms with Gasteiger partial charge in [-0.05, 0) is 25.3 Å². The zero-order valence-electron chi connectivity index (χ0n) is 14.4. The Bertz CT molecular complexity index is 637. The molecule has 24 heavy (non-hydrogen) atoms. The van der Waals surface area contributed by atoms with E-state index < -0.39 is 5.54 Å². The van der Waals surface area contributed by atoms with Gasteiger partial charge in [0.1, 0.15) is 5.54 Å². The number of halogens is 1. The maximum Gasteiger partial charge on any atom is 0.244 e. The topological polar surface area (TPSA) is 81.2 Å². The van der Waals surface area contributed by atoms with E-state index in [1.54, 1.807) is 6.92 Å². The second-order valence-electron chi connectivity index (χ2n) is 5.98. The van der Waals surface area contributed by atoms with Gasteiger partial charge in [-0.15, -0.1) is 12.4 Å². The minimum absolute atomic E-state index is 0. The normalized spacial score (nSPS) is 13.2. The van der Waals surface area contributed by atoms with Crippen molar-refractivity contribution >= 4 is 18.3 Å². The number of hydrogen-bond acceptors (Lipinski definition) is 4. The van der Waals surface area contributed by atoms with Gasteiger partial charge in [-0.3, -0.25) is 4.79 Å². The molecule has 6 heteroatoms. The fraction of sp³-hybridized carbons (Fsp3) is 0.444. The number of carbonyl (C=O) groups is 1. The van der Waals surface area contributed by atoms with Crippen molar-refractivity contribution in [2.24, 2.45) is 5.73 Å². The third kappa shape index (κ3) is 4.58. The first-order chi connectivity index (χ1) is 11.0. The maximum atomic E-state index is 12.4. The van der Waals surface area contributed by atoms with E-state index in [0.717, 1.165) is 24.1 Å². The summed E-state index contributed by atoms with van der Waals surface area (Å²) in [7, 11) is 0. The number of rotatable bonds is 7. The highest BCUT2D eigenvalue weighted by Crippen LogP contribution is 2.22. The van der Waals surface area contributed by atoms with Crippen molar-refractivity contribution in [1.29, 1.82) is 0 Å². The Hall–Kier alpha value is -1.85. The molecule has 0 saturated heterocycles. The molecule has 1 unspecified atom stereocenters. The van der Waals surface area contributed by atoms with E-state index in [2.05, 4.69) is 24.3 Å². The number of amides is 1. The zero-order valence-corrected chi connectivity index (χ0v) is 15.2. The van der Waals surface area contributed by atoms with Crippen LogP contribution in [0, 0.1) is 0 Å². The van der Waals surface area contributed by atoms with Crippen LogP contribution in [0.5, 0.6) is 0 Å². The fourth-order valence-electron chi connectivity index (χ4n) is 2.58. The lowest BCUT2D eigenvalue weighted by molar-refractivity contribution is -0.126. The largest absolute Gasteiger partial charge is 0.359 e. The van der Waals surface area contributed by atoms with Crippen LogP contribution in [-0.2, 0) is 16.9 Å². The molecule has 132 valence electrons. The molecular weight excluding hydrogens is 326 g/mol. The van der Waals surface area contributed by atoms with Gasteiger partial charge in [0.2, 0.25) is 5.91 Å². The molecule has 0 radical (unpaired) electrons. The van der Waals surface area contributed by atoms with Crippen molar-refractivity contribution in [3.8, 4) is 0 Å². The Labute approximate surface area is 149 Å². The molecule has 5 nitrogen and oxygen atoms in total. The van der Waals surface area contributed by atoms with Gasteiger partial charge < -0.3 is 15.6 Å². The van der Waals surface area contributed by atoms with E-state index in [1.807, 2.05) is 36.4 Å². The van der Waals surface area contributed by atoms with Crippen molar-refractivity contribution in [1.82, 2.24) is 10.5 Å². The molecule has 0 saturated carbocycles. The Balaban J connectivity index is 0.00000288. The molecule has 1 atom stereocenters. The molecule has 0 aliphatic heterocycles. The van der Waals surface area contributed by atoms with E-state index >= 15 is 0 Å². The predicted molar refractivity (Wildman–Crippen MR) is 96.9 cm³/mol. The van der Waals surface area contributed by atoms with Crippen LogP contribution in [0.1, 0.15) is 56.5 Å². The number of aromatic nitrogens is 1. The van der Waals surface area contributed by atoms with Crippen molar-refractivity contribution in [2.45, 2.75) is 51.6 Å². The van der Waals surface area contributed by atoms with Gasteiger partial charge in [0.05, 0.1) is 12.2 Å². The molecule has 1 heterocycles. The van der Waals surface area contributed by atoms with Gasteiger partial charge in [0, 0.05) is 12.0 Å². The summed E-state index contributed by atoms with van der Waals surface area (Å²) in [6.07, 6.45) is 2.04. The van der Waals surface area contributed by atoms with Gasteiger partial charge in [-0.1, -0.05) is 49.3 Å². The molecule has 3 N–H and O–H groups in total. The second kappa shape index (κ2) is 8.85. The Morgan fingerprint density at radius 3 is 2.50 bits per heavy atom. The number of nitrogens with two attached hydrogens (primary N) is 1. The van der Waals surface area contributed by atoms with E-state index in [4.69, 9.17) is 10.3 Å². The number of hydrogen-bond donors (Lipinski definition) is 2. The number of nitrogens with zero attached hydrogens (tertiary/aromatic N) is 1. The molecule has 1 amide bonds. The summed E-state index contributed by atoms with van der Waals surface area (Å²) < 4.78 is 5.31. The van der Waals surface area contributed by atoms with Gasteiger partial charge in [0.25, 0.3) is 0 Å². The summed E-state index contributed by atoms with van der Waals surface area (Å²) >= 11 is 0. The lowest BCUT2D eigenvalue weighted by atomic mass is 9.92. The summed E-state index contributed by atoms with van der Waals surface area (Å²) in [6.45, 7) is 6.24. The molecular formula is C18H26ClN3O2. The molecule has 0 bridgehead atoms. The van der Waals surface area contributed by atoms with Crippen LogP contribution in [0.15, 0.2) is 40.9 Å². The van der Waals surface area contributed by atoms with Crippen LogP contribution in [0.4, 0.5) is 0 Å². The molecule has 0 aliphatic carbocycles. The predicted octanol–water partition coefficient (Wildman–Crippen LogP) is 3.49. The van der Waals surface area contributed by atoms with Crippen LogP contribution in [-0.4, -0.2) is 11.1 Å². The Kier molecular flexibility index (Phi) is 7.45. The average molecular weight is 352 g/mol. The van der Waals surface area contributed by atoms with Gasteiger partial charge in [0.15, 0.2) is 5.76 Å². The lowest BCUT2D eigenvalue weighted by Crippen LogP contribution is -2.48. The Morgan fingerprint density at radius 2 is 1.92 bits per heavy atom. The van der Waals surface area contributed by atoms with Crippen molar-refractivity contribution in [3.05, 3.63) is 53.4 Å². The van der Waals surface area contributed by atoms with Gasteiger partial charge in [-0.2, -0.15) is 0 Å². The van der Waals surface area contributed by atoms with Crippen LogP contribution in [0.25, 0.3) is 0 Å². The van der Waals surface area contributed by atoms with Crippen molar-refractivity contribution in [2.75, 3.05) is 0 Å². The van der Waals surface area contributed by atoms with Gasteiger partial charge in [-0.25, -0.2) is 0 Å². The zero-order chi connectivity index (χ0) is 16.9. The quantitative estimate of drug-likeness (QED) is 0.800. The first-order valence-electron chi connectivity index (χ1n) is 8.07.